The molecule has 0 unspecified atom stereocenters. The van der Waals surface area contributed by atoms with Crippen molar-refractivity contribution in [2.75, 3.05) is 4.90 Å². The highest BCUT2D eigenvalue weighted by atomic mass is 15.1. The summed E-state index contributed by atoms with van der Waals surface area (Å²) < 4.78 is 0. The van der Waals surface area contributed by atoms with E-state index in [2.05, 4.69) is 241 Å². The molecule has 10 rings (SSSR count). The molecule has 10 aromatic rings. The fourth-order valence-electron chi connectivity index (χ4n) is 8.22. The summed E-state index contributed by atoms with van der Waals surface area (Å²) in [5, 5.41) is 4.96. The van der Waals surface area contributed by atoms with Gasteiger partial charge in [-0.25, -0.2) is 0 Å². The van der Waals surface area contributed by atoms with Gasteiger partial charge in [0.25, 0.3) is 0 Å². The lowest BCUT2D eigenvalue weighted by atomic mass is 9.92. The third kappa shape index (κ3) is 6.66. The van der Waals surface area contributed by atoms with Crippen LogP contribution in [0.25, 0.3) is 77.2 Å². The highest BCUT2D eigenvalue weighted by molar-refractivity contribution is 6.09. The first-order valence-corrected chi connectivity index (χ1v) is 19.6. The van der Waals surface area contributed by atoms with Crippen LogP contribution in [0.5, 0.6) is 0 Å². The van der Waals surface area contributed by atoms with Gasteiger partial charge >= 0.3 is 0 Å². The average Bonchev–Trinajstić information content (AvgIpc) is 3.30. The van der Waals surface area contributed by atoms with Gasteiger partial charge < -0.3 is 4.90 Å². The van der Waals surface area contributed by atoms with Gasteiger partial charge in [0.15, 0.2) is 0 Å². The van der Waals surface area contributed by atoms with Gasteiger partial charge in [-0.15, -0.1) is 0 Å². The lowest BCUT2D eigenvalue weighted by Crippen LogP contribution is -2.10. The van der Waals surface area contributed by atoms with Crippen LogP contribution < -0.4 is 4.90 Å². The maximum absolute atomic E-state index is 2.40. The van der Waals surface area contributed by atoms with Crippen LogP contribution in [-0.2, 0) is 0 Å². The summed E-state index contributed by atoms with van der Waals surface area (Å²) in [6.45, 7) is 0. The predicted octanol–water partition coefficient (Wildman–Crippen LogP) is 15.8. The number of benzene rings is 10. The molecule has 0 aliphatic heterocycles. The Morgan fingerprint density at radius 2 is 0.596 bits per heavy atom. The van der Waals surface area contributed by atoms with Gasteiger partial charge in [0.1, 0.15) is 0 Å². The first-order chi connectivity index (χ1) is 28.3. The van der Waals surface area contributed by atoms with Crippen LogP contribution in [0.2, 0.25) is 0 Å². The summed E-state index contributed by atoms with van der Waals surface area (Å²) in [5.41, 5.74) is 15.3. The van der Waals surface area contributed by atoms with Crippen molar-refractivity contribution >= 4 is 38.6 Å². The van der Waals surface area contributed by atoms with Crippen molar-refractivity contribution in [2.24, 2.45) is 0 Å². The minimum Gasteiger partial charge on any atom is -0.310 e. The molecule has 0 radical (unpaired) electrons. The molecule has 0 aliphatic carbocycles. The second-order valence-corrected chi connectivity index (χ2v) is 14.5. The van der Waals surface area contributed by atoms with Gasteiger partial charge in [-0.2, -0.15) is 0 Å². The molecule has 0 heterocycles. The third-order valence-corrected chi connectivity index (χ3v) is 11.1. The molecule has 1 heteroatoms. The van der Waals surface area contributed by atoms with Gasteiger partial charge in [0.2, 0.25) is 0 Å². The summed E-state index contributed by atoms with van der Waals surface area (Å²) in [7, 11) is 0. The molecule has 1 nitrogen and oxygen atoms in total. The zero-order chi connectivity index (χ0) is 38.0. The van der Waals surface area contributed by atoms with Gasteiger partial charge in [-0.05, 0) is 114 Å². The molecule has 0 aliphatic rings. The molecule has 0 bridgehead atoms. The molecule has 0 amide bonds. The van der Waals surface area contributed by atoms with Crippen LogP contribution in [0.4, 0.5) is 17.1 Å². The zero-order valence-corrected chi connectivity index (χ0v) is 31.5. The van der Waals surface area contributed by atoms with E-state index in [1.165, 1.54) is 77.2 Å². The number of hydrogen-bond acceptors (Lipinski definition) is 1. The first-order valence-electron chi connectivity index (χ1n) is 19.6. The molecule has 268 valence electrons. The summed E-state index contributed by atoms with van der Waals surface area (Å²) >= 11 is 0. The van der Waals surface area contributed by atoms with Crippen molar-refractivity contribution in [1.82, 2.24) is 0 Å². The van der Waals surface area contributed by atoms with Gasteiger partial charge in [0.05, 0.1) is 0 Å². The van der Waals surface area contributed by atoms with Gasteiger partial charge in [0, 0.05) is 17.1 Å². The lowest BCUT2D eigenvalue weighted by molar-refractivity contribution is 1.29. The summed E-state index contributed by atoms with van der Waals surface area (Å²) in [6.07, 6.45) is 0. The Labute approximate surface area is 334 Å². The van der Waals surface area contributed by atoms with Crippen LogP contribution >= 0.6 is 0 Å². The van der Waals surface area contributed by atoms with Crippen molar-refractivity contribution in [3.8, 4) is 55.6 Å². The zero-order valence-electron chi connectivity index (χ0n) is 31.5. The molecule has 0 aromatic heterocycles. The normalized spacial score (nSPS) is 11.2. The Balaban J connectivity index is 1.10. The van der Waals surface area contributed by atoms with E-state index in [1.54, 1.807) is 0 Å². The standard InChI is InChI=1S/C56H39N/c1-4-14-40(15-5-1)41-24-26-45(27-25-41)51-21-12-13-22-52(51)46-30-33-48(34-31-46)57(49-35-32-47-29-28-44-20-10-11-23-53(44)56(47)38-49)50-36-37-54(42-16-6-2-7-17-42)55(39-50)43-18-8-3-9-19-43/h1-39H. The van der Waals surface area contributed by atoms with Crippen molar-refractivity contribution in [2.45, 2.75) is 0 Å². The summed E-state index contributed by atoms with van der Waals surface area (Å²) in [4.78, 5) is 2.40. The minimum absolute atomic E-state index is 1.09. The molecule has 0 fully saturated rings. The van der Waals surface area contributed by atoms with Crippen molar-refractivity contribution in [1.29, 1.82) is 0 Å². The highest BCUT2D eigenvalue weighted by Gasteiger charge is 2.18. The number of fused-ring (bicyclic) bond motifs is 3. The first kappa shape index (κ1) is 34.0. The minimum atomic E-state index is 1.09. The molecular weight excluding hydrogens is 687 g/mol. The molecule has 0 saturated carbocycles. The quantitative estimate of drug-likeness (QED) is 0.141. The van der Waals surface area contributed by atoms with Crippen molar-refractivity contribution < 1.29 is 0 Å². The van der Waals surface area contributed by atoms with Crippen LogP contribution in [-0.4, -0.2) is 0 Å². The smallest absolute Gasteiger partial charge is 0.0468 e. The monoisotopic (exact) mass is 725 g/mol. The molecule has 10 aromatic carbocycles. The van der Waals surface area contributed by atoms with Gasteiger partial charge in [-0.1, -0.05) is 200 Å². The van der Waals surface area contributed by atoms with E-state index in [-0.39, 0.29) is 0 Å². The van der Waals surface area contributed by atoms with Crippen LogP contribution in [0.15, 0.2) is 237 Å². The van der Waals surface area contributed by atoms with Crippen molar-refractivity contribution in [3.05, 3.63) is 237 Å². The maximum atomic E-state index is 2.40. The molecule has 0 saturated heterocycles. The number of rotatable bonds is 8. The maximum Gasteiger partial charge on any atom is 0.0468 e. The molecule has 0 spiro atoms. The predicted molar refractivity (Wildman–Crippen MR) is 243 cm³/mol. The molecule has 0 N–H and O–H groups in total. The van der Waals surface area contributed by atoms with Gasteiger partial charge in [-0.3, -0.25) is 0 Å². The second-order valence-electron chi connectivity index (χ2n) is 14.5. The van der Waals surface area contributed by atoms with E-state index in [9.17, 15) is 0 Å². The summed E-state index contributed by atoms with van der Waals surface area (Å²) in [6, 6.07) is 85.6. The third-order valence-electron chi connectivity index (χ3n) is 11.1. The Morgan fingerprint density at radius 3 is 1.25 bits per heavy atom. The average molecular weight is 726 g/mol. The molecule has 0 atom stereocenters. The van der Waals surface area contributed by atoms with Crippen LogP contribution in [0.3, 0.4) is 0 Å². The van der Waals surface area contributed by atoms with Crippen LogP contribution in [0, 0.1) is 0 Å². The fourth-order valence-corrected chi connectivity index (χ4v) is 8.22. The number of anilines is 3. The van der Waals surface area contributed by atoms with Crippen molar-refractivity contribution in [3.63, 3.8) is 0 Å². The molecule has 57 heavy (non-hydrogen) atoms. The lowest BCUT2D eigenvalue weighted by Gasteiger charge is -2.27. The van der Waals surface area contributed by atoms with E-state index >= 15 is 0 Å². The van der Waals surface area contributed by atoms with E-state index < -0.39 is 0 Å². The second kappa shape index (κ2) is 15.0. The summed E-state index contributed by atoms with van der Waals surface area (Å²) in [5.74, 6) is 0. The largest absolute Gasteiger partial charge is 0.310 e. The Hall–Kier alpha value is -7.48. The van der Waals surface area contributed by atoms with E-state index in [0.717, 1.165) is 17.1 Å². The topological polar surface area (TPSA) is 3.24 Å². The number of nitrogens with zero attached hydrogens (tertiary/aromatic N) is 1. The Kier molecular flexibility index (Phi) is 8.95. The SMILES string of the molecule is c1ccc(-c2ccc(-c3ccccc3-c3ccc(N(c4ccc(-c5ccccc5)c(-c5ccccc5)c4)c4ccc5ccc6ccccc6c5c4)cc3)cc2)cc1. The Bertz CT molecular complexity index is 2970. The number of hydrogen-bond donors (Lipinski definition) is 0. The van der Waals surface area contributed by atoms with E-state index in [0.29, 0.717) is 0 Å². The van der Waals surface area contributed by atoms with E-state index in [1.807, 2.05) is 0 Å². The highest BCUT2D eigenvalue weighted by Crippen LogP contribution is 2.43. The fraction of sp³-hybridized carbons (Fsp3) is 0. The molecular formula is C56H39N. The van der Waals surface area contributed by atoms with E-state index in [4.69, 9.17) is 0 Å². The Morgan fingerprint density at radius 1 is 0.211 bits per heavy atom. The van der Waals surface area contributed by atoms with Crippen LogP contribution in [0.1, 0.15) is 0 Å².